The van der Waals surface area contributed by atoms with Crippen LogP contribution in [0.15, 0.2) is 103 Å². The minimum absolute atomic E-state index is 0.0765. The summed E-state index contributed by atoms with van der Waals surface area (Å²) in [6.45, 7) is 8.06. The highest BCUT2D eigenvalue weighted by molar-refractivity contribution is 6.99. The maximum atomic E-state index is 16.4. The van der Waals surface area contributed by atoms with Crippen LogP contribution in [0.4, 0.5) is 8.78 Å². The predicted octanol–water partition coefficient (Wildman–Crippen LogP) is 7.23. The molecule has 0 spiro atoms. The van der Waals surface area contributed by atoms with Crippen LogP contribution in [0.2, 0.25) is 5.04 Å². The van der Waals surface area contributed by atoms with Crippen LogP contribution in [0.3, 0.4) is 0 Å². The van der Waals surface area contributed by atoms with Gasteiger partial charge in [-0.1, -0.05) is 99.6 Å². The zero-order valence-electron chi connectivity index (χ0n) is 28.5. The van der Waals surface area contributed by atoms with Crippen LogP contribution in [0.1, 0.15) is 55.6 Å². The number of carboxylic acids is 1. The Morgan fingerprint density at radius 2 is 1.60 bits per heavy atom. The van der Waals surface area contributed by atoms with Crippen molar-refractivity contribution in [3.63, 3.8) is 0 Å². The molecule has 50 heavy (non-hydrogen) atoms. The molecule has 6 nitrogen and oxygen atoms in total. The van der Waals surface area contributed by atoms with Crippen molar-refractivity contribution in [2.75, 3.05) is 19.8 Å². The highest BCUT2D eigenvalue weighted by atomic mass is 28.4. The second kappa shape index (κ2) is 13.7. The first-order chi connectivity index (χ1) is 24.1. The zero-order chi connectivity index (χ0) is 35.0. The van der Waals surface area contributed by atoms with Gasteiger partial charge < -0.3 is 19.3 Å². The number of aromatic amines is 1. The molecule has 2 aliphatic rings. The van der Waals surface area contributed by atoms with Crippen LogP contribution in [-0.2, 0) is 20.4 Å². The summed E-state index contributed by atoms with van der Waals surface area (Å²) in [6.07, 6.45) is 3.42. The average molecular weight is 693 g/mol. The first-order valence-corrected chi connectivity index (χ1v) is 19.1. The monoisotopic (exact) mass is 692 g/mol. The number of para-hydroxylation sites is 1. The topological polar surface area (TPSA) is 74.8 Å². The largest absolute Gasteiger partial charge is 0.478 e. The summed E-state index contributed by atoms with van der Waals surface area (Å²) >= 11 is 0. The summed E-state index contributed by atoms with van der Waals surface area (Å²) < 4.78 is 46.3. The van der Waals surface area contributed by atoms with Crippen molar-refractivity contribution in [2.45, 2.75) is 56.8 Å². The van der Waals surface area contributed by atoms with Gasteiger partial charge >= 0.3 is 5.97 Å². The fourth-order valence-corrected chi connectivity index (χ4v) is 12.8. The van der Waals surface area contributed by atoms with E-state index in [1.165, 1.54) is 18.2 Å². The number of H-pyrrole nitrogens is 1. The van der Waals surface area contributed by atoms with E-state index < -0.39 is 32.0 Å². The van der Waals surface area contributed by atoms with E-state index in [0.29, 0.717) is 32.7 Å². The molecule has 9 heteroatoms. The normalized spacial score (nSPS) is 20.1. The van der Waals surface area contributed by atoms with Gasteiger partial charge in [-0.3, -0.25) is 4.90 Å². The number of fused-ring (bicyclic) bond motifs is 3. The highest BCUT2D eigenvalue weighted by Crippen LogP contribution is 2.45. The summed E-state index contributed by atoms with van der Waals surface area (Å²) in [4.78, 5) is 17.0. The van der Waals surface area contributed by atoms with E-state index >= 15 is 8.78 Å². The van der Waals surface area contributed by atoms with Gasteiger partial charge in [0.25, 0.3) is 8.32 Å². The van der Waals surface area contributed by atoms with Gasteiger partial charge in [-0.25, -0.2) is 13.6 Å². The third-order valence-corrected chi connectivity index (χ3v) is 15.3. The van der Waals surface area contributed by atoms with Gasteiger partial charge in [-0.15, -0.1) is 0 Å². The van der Waals surface area contributed by atoms with Crippen LogP contribution in [0.5, 0.6) is 0 Å². The Morgan fingerprint density at radius 1 is 0.980 bits per heavy atom. The maximum Gasteiger partial charge on any atom is 0.328 e. The third-order valence-electron chi connectivity index (χ3n) is 10.3. The second-order valence-electron chi connectivity index (χ2n) is 14.3. The van der Waals surface area contributed by atoms with Crippen LogP contribution in [0, 0.1) is 11.6 Å². The molecule has 2 N–H and O–H groups in total. The fraction of sp³-hybridized carbons (Fsp3) is 0.293. The molecule has 258 valence electrons. The predicted molar refractivity (Wildman–Crippen MR) is 195 cm³/mol. The number of carbonyl (C=O) groups is 1. The van der Waals surface area contributed by atoms with E-state index in [4.69, 9.17) is 14.3 Å². The first kappa shape index (κ1) is 34.1. The summed E-state index contributed by atoms with van der Waals surface area (Å²) in [5.74, 6) is -2.66. The number of aliphatic carboxylic acids is 1. The zero-order valence-corrected chi connectivity index (χ0v) is 29.5. The molecule has 1 aromatic heterocycles. The van der Waals surface area contributed by atoms with Crippen molar-refractivity contribution in [1.29, 1.82) is 0 Å². The Morgan fingerprint density at radius 3 is 2.18 bits per heavy atom. The second-order valence-corrected chi connectivity index (χ2v) is 18.6. The number of benzene rings is 4. The molecule has 0 radical (unpaired) electrons. The number of halogens is 2. The van der Waals surface area contributed by atoms with E-state index in [1.807, 2.05) is 30.3 Å². The van der Waals surface area contributed by atoms with E-state index in [0.717, 1.165) is 38.6 Å². The van der Waals surface area contributed by atoms with E-state index in [-0.39, 0.29) is 28.2 Å². The molecule has 0 aliphatic carbocycles. The van der Waals surface area contributed by atoms with E-state index in [9.17, 15) is 4.79 Å². The van der Waals surface area contributed by atoms with Crippen LogP contribution < -0.4 is 10.4 Å². The minimum atomic E-state index is -2.95. The summed E-state index contributed by atoms with van der Waals surface area (Å²) in [7, 11) is -2.95. The molecule has 4 aromatic carbocycles. The summed E-state index contributed by atoms with van der Waals surface area (Å²) in [5, 5.41) is 12.2. The van der Waals surface area contributed by atoms with Crippen molar-refractivity contribution >= 4 is 41.6 Å². The Kier molecular flexibility index (Phi) is 9.34. The summed E-state index contributed by atoms with van der Waals surface area (Å²) in [6, 6.07) is 30.2. The number of nitrogens with zero attached hydrogens (tertiary/aromatic N) is 1. The van der Waals surface area contributed by atoms with Gasteiger partial charge in [0.2, 0.25) is 0 Å². The lowest BCUT2D eigenvalue weighted by atomic mass is 9.86. The highest BCUT2D eigenvalue weighted by Gasteiger charge is 2.52. The fourth-order valence-electron chi connectivity index (χ4n) is 8.19. The first-order valence-electron chi connectivity index (χ1n) is 17.2. The number of hydrogen-bond acceptors (Lipinski definition) is 4. The van der Waals surface area contributed by atoms with Gasteiger partial charge in [-0.05, 0) is 63.7 Å². The molecule has 7 rings (SSSR count). The molecule has 5 aromatic rings. The molecule has 3 heterocycles. The van der Waals surface area contributed by atoms with Gasteiger partial charge in [-0.2, -0.15) is 0 Å². The van der Waals surface area contributed by atoms with E-state index in [2.05, 4.69) is 85.3 Å². The molecule has 3 atom stereocenters. The SMILES string of the molecule is CC(C)(C)[Si](OC[C@@H]1Cc2c([nH]c3ccccc23)[C@@H](c2c(F)cc(/C=C/C(=O)O)cc2F)N1C1CCOC1)(c1ccccc1)c1ccccc1. The molecule has 0 bridgehead atoms. The van der Waals surface area contributed by atoms with Gasteiger partial charge in [0.1, 0.15) is 11.6 Å². The Hall–Kier alpha value is -4.41. The Balaban J connectivity index is 1.40. The quantitative estimate of drug-likeness (QED) is 0.126. The third kappa shape index (κ3) is 6.13. The van der Waals surface area contributed by atoms with Crippen molar-refractivity contribution in [3.05, 3.63) is 137 Å². The maximum absolute atomic E-state index is 16.4. The van der Waals surface area contributed by atoms with Gasteiger partial charge in [0, 0.05) is 46.9 Å². The summed E-state index contributed by atoms with van der Waals surface area (Å²) in [5.41, 5.74) is 2.74. The smallest absolute Gasteiger partial charge is 0.328 e. The Labute approximate surface area is 292 Å². The molecule has 2 aliphatic heterocycles. The van der Waals surface area contributed by atoms with Crippen LogP contribution in [0.25, 0.3) is 17.0 Å². The van der Waals surface area contributed by atoms with Crippen molar-refractivity contribution in [1.82, 2.24) is 9.88 Å². The van der Waals surface area contributed by atoms with Crippen LogP contribution in [-0.4, -0.2) is 61.2 Å². The molecular formula is C41H42F2N2O4Si. The van der Waals surface area contributed by atoms with Crippen molar-refractivity contribution in [2.24, 2.45) is 0 Å². The number of rotatable bonds is 9. The number of ether oxygens (including phenoxy) is 1. The molecule has 1 unspecified atom stereocenters. The van der Waals surface area contributed by atoms with E-state index in [1.54, 1.807) is 0 Å². The lowest BCUT2D eigenvalue weighted by molar-refractivity contribution is -0.131. The number of aromatic nitrogens is 1. The number of carboxylic acid groups (broad SMARTS) is 1. The van der Waals surface area contributed by atoms with Gasteiger partial charge in [0.15, 0.2) is 0 Å². The van der Waals surface area contributed by atoms with Crippen LogP contribution >= 0.6 is 0 Å². The van der Waals surface area contributed by atoms with Gasteiger partial charge in [0.05, 0.1) is 19.3 Å². The molecule has 0 amide bonds. The molecule has 0 saturated carbocycles. The number of hydrogen-bond donors (Lipinski definition) is 2. The molecular weight excluding hydrogens is 651 g/mol. The molecule has 1 fully saturated rings. The number of nitrogens with one attached hydrogen (secondary N) is 1. The Bertz CT molecular complexity index is 1960. The molecule has 1 saturated heterocycles. The van der Waals surface area contributed by atoms with Crippen molar-refractivity contribution in [3.8, 4) is 0 Å². The lowest BCUT2D eigenvalue weighted by Crippen LogP contribution is -2.67. The standard InChI is InChI=1S/C41H42F2N2O4Si/c1-41(2,3)50(30-12-6-4-7-13-30,31-14-8-5-9-15-31)49-26-29-24-33-32-16-10-11-17-36(32)44-39(33)40(45(29)28-20-21-48-25-28)38-34(42)22-27(23-35(38)43)18-19-37(46)47/h4-19,22-23,28-29,40,44H,20-21,24-26H2,1-3H3,(H,46,47)/b19-18+/t28?,29-,40+/m0/s1. The average Bonchev–Trinajstić information content (AvgIpc) is 3.76. The minimum Gasteiger partial charge on any atom is -0.478 e. The lowest BCUT2D eigenvalue weighted by Gasteiger charge is -2.48. The van der Waals surface area contributed by atoms with Crippen molar-refractivity contribution < 1.29 is 27.8 Å².